The van der Waals surface area contributed by atoms with E-state index in [1.54, 1.807) is 6.20 Å². The van der Waals surface area contributed by atoms with Crippen molar-refractivity contribution in [2.75, 3.05) is 33.0 Å². The molecule has 5 heteroatoms. The van der Waals surface area contributed by atoms with Crippen LogP contribution in [-0.2, 0) is 16.0 Å². The Morgan fingerprint density at radius 3 is 2.64 bits per heavy atom. The van der Waals surface area contributed by atoms with E-state index >= 15 is 0 Å². The Balaban J connectivity index is 1.50. The monoisotopic (exact) mass is 299 g/mol. The molecule has 2 aromatic rings. The molecule has 1 aromatic carbocycles. The molecule has 0 bridgehead atoms. The molecule has 0 radical (unpaired) electrons. The van der Waals surface area contributed by atoms with E-state index < -0.39 is 0 Å². The third-order valence-electron chi connectivity index (χ3n) is 4.71. The standard InChI is InChI=1S/C17H21N3O2/c1-7-18-20(8-1)16-4-2-15(3-5-16)12-19-9-11-22-14-17(19)6-10-21-13-17/h1-5,7-8H,6,9-14H2/t17-/m0/s1. The second kappa shape index (κ2) is 5.83. The molecule has 0 saturated carbocycles. The van der Waals surface area contributed by atoms with E-state index in [1.807, 2.05) is 16.9 Å². The first-order valence-electron chi connectivity index (χ1n) is 7.85. The number of morpholine rings is 1. The maximum atomic E-state index is 5.71. The van der Waals surface area contributed by atoms with Crippen LogP contribution in [-0.4, -0.2) is 53.2 Å². The van der Waals surface area contributed by atoms with Gasteiger partial charge in [-0.2, -0.15) is 5.10 Å². The highest BCUT2D eigenvalue weighted by Crippen LogP contribution is 2.30. The normalized spacial score (nSPS) is 25.8. The lowest BCUT2D eigenvalue weighted by atomic mass is 9.95. The highest BCUT2D eigenvalue weighted by atomic mass is 16.5. The van der Waals surface area contributed by atoms with Crippen LogP contribution in [0.5, 0.6) is 0 Å². The molecule has 0 aliphatic carbocycles. The molecule has 2 aliphatic heterocycles. The number of benzene rings is 1. The Labute approximate surface area is 130 Å². The van der Waals surface area contributed by atoms with Gasteiger partial charge in [-0.15, -0.1) is 0 Å². The fourth-order valence-corrected chi connectivity index (χ4v) is 3.37. The topological polar surface area (TPSA) is 39.5 Å². The van der Waals surface area contributed by atoms with Crippen molar-refractivity contribution in [2.24, 2.45) is 0 Å². The molecule has 22 heavy (non-hydrogen) atoms. The summed E-state index contributed by atoms with van der Waals surface area (Å²) in [5.74, 6) is 0. The maximum Gasteiger partial charge on any atom is 0.0704 e. The molecule has 116 valence electrons. The number of nitrogens with zero attached hydrogens (tertiary/aromatic N) is 3. The van der Waals surface area contributed by atoms with Gasteiger partial charge in [-0.05, 0) is 30.2 Å². The van der Waals surface area contributed by atoms with Crippen LogP contribution in [0.15, 0.2) is 42.7 Å². The number of rotatable bonds is 3. The maximum absolute atomic E-state index is 5.71. The fraction of sp³-hybridized carbons (Fsp3) is 0.471. The van der Waals surface area contributed by atoms with E-state index in [2.05, 4.69) is 34.3 Å². The van der Waals surface area contributed by atoms with Crippen LogP contribution < -0.4 is 0 Å². The average molecular weight is 299 g/mol. The van der Waals surface area contributed by atoms with E-state index in [0.717, 1.165) is 51.6 Å². The lowest BCUT2D eigenvalue weighted by Gasteiger charge is -2.43. The zero-order valence-corrected chi connectivity index (χ0v) is 12.6. The Morgan fingerprint density at radius 1 is 1.09 bits per heavy atom. The van der Waals surface area contributed by atoms with Crippen LogP contribution in [0.4, 0.5) is 0 Å². The van der Waals surface area contributed by atoms with Crippen molar-refractivity contribution >= 4 is 0 Å². The highest BCUT2D eigenvalue weighted by molar-refractivity contribution is 5.33. The van der Waals surface area contributed by atoms with E-state index in [4.69, 9.17) is 9.47 Å². The zero-order chi connectivity index (χ0) is 14.8. The number of hydrogen-bond acceptors (Lipinski definition) is 4. The van der Waals surface area contributed by atoms with Crippen LogP contribution in [0.25, 0.3) is 5.69 Å². The van der Waals surface area contributed by atoms with Gasteiger partial charge in [0.2, 0.25) is 0 Å². The first kappa shape index (κ1) is 13.9. The van der Waals surface area contributed by atoms with Gasteiger partial charge in [0.15, 0.2) is 0 Å². The fourth-order valence-electron chi connectivity index (χ4n) is 3.37. The molecule has 0 N–H and O–H groups in total. The lowest BCUT2D eigenvalue weighted by Crippen LogP contribution is -2.56. The molecule has 3 heterocycles. The molecule has 4 rings (SSSR count). The SMILES string of the molecule is c1cnn(-c2ccc(CN3CCOC[C@@]34CCOC4)cc2)c1. The Kier molecular flexibility index (Phi) is 3.70. The minimum atomic E-state index is 0.0822. The predicted molar refractivity (Wildman–Crippen MR) is 83.0 cm³/mol. The van der Waals surface area contributed by atoms with Gasteiger partial charge in [-0.3, -0.25) is 4.90 Å². The Bertz CT molecular complexity index is 603. The largest absolute Gasteiger partial charge is 0.379 e. The smallest absolute Gasteiger partial charge is 0.0704 e. The van der Waals surface area contributed by atoms with E-state index in [1.165, 1.54) is 5.56 Å². The molecule has 5 nitrogen and oxygen atoms in total. The van der Waals surface area contributed by atoms with Crippen molar-refractivity contribution in [3.8, 4) is 5.69 Å². The van der Waals surface area contributed by atoms with Gasteiger partial charge in [0.1, 0.15) is 0 Å². The molecule has 0 amide bonds. The van der Waals surface area contributed by atoms with Gasteiger partial charge in [0.25, 0.3) is 0 Å². The Hall–Kier alpha value is -1.69. The lowest BCUT2D eigenvalue weighted by molar-refractivity contribution is -0.0749. The summed E-state index contributed by atoms with van der Waals surface area (Å²) < 4.78 is 13.2. The summed E-state index contributed by atoms with van der Waals surface area (Å²) >= 11 is 0. The number of aromatic nitrogens is 2. The summed E-state index contributed by atoms with van der Waals surface area (Å²) in [6, 6.07) is 10.6. The number of hydrogen-bond donors (Lipinski definition) is 0. The minimum absolute atomic E-state index is 0.0822. The van der Waals surface area contributed by atoms with Crippen LogP contribution in [0.2, 0.25) is 0 Å². The van der Waals surface area contributed by atoms with Crippen molar-refractivity contribution < 1.29 is 9.47 Å². The van der Waals surface area contributed by atoms with Crippen molar-refractivity contribution in [3.63, 3.8) is 0 Å². The van der Waals surface area contributed by atoms with Crippen LogP contribution >= 0.6 is 0 Å². The average Bonchev–Trinajstić information content (AvgIpc) is 3.23. The van der Waals surface area contributed by atoms with Crippen molar-refractivity contribution in [3.05, 3.63) is 48.3 Å². The van der Waals surface area contributed by atoms with Crippen molar-refractivity contribution in [1.82, 2.24) is 14.7 Å². The minimum Gasteiger partial charge on any atom is -0.379 e. The van der Waals surface area contributed by atoms with Crippen LogP contribution in [0.1, 0.15) is 12.0 Å². The first-order chi connectivity index (χ1) is 10.9. The zero-order valence-electron chi connectivity index (χ0n) is 12.6. The molecule has 1 spiro atoms. The Morgan fingerprint density at radius 2 is 1.91 bits per heavy atom. The molecule has 1 aromatic heterocycles. The van der Waals surface area contributed by atoms with Gasteiger partial charge >= 0.3 is 0 Å². The molecular formula is C17H21N3O2. The van der Waals surface area contributed by atoms with Gasteiger partial charge in [-0.1, -0.05) is 12.1 Å². The quantitative estimate of drug-likeness (QED) is 0.867. The summed E-state index contributed by atoms with van der Waals surface area (Å²) in [5.41, 5.74) is 2.50. The third kappa shape index (κ3) is 2.56. The van der Waals surface area contributed by atoms with E-state index in [-0.39, 0.29) is 5.54 Å². The second-order valence-corrected chi connectivity index (χ2v) is 6.12. The number of ether oxygens (including phenoxy) is 2. The summed E-state index contributed by atoms with van der Waals surface area (Å²) in [6.45, 7) is 5.17. The molecular weight excluding hydrogens is 278 g/mol. The second-order valence-electron chi connectivity index (χ2n) is 6.12. The summed E-state index contributed by atoms with van der Waals surface area (Å²) in [7, 11) is 0. The molecule has 1 atom stereocenters. The molecule has 2 fully saturated rings. The summed E-state index contributed by atoms with van der Waals surface area (Å²) in [6.07, 6.45) is 4.83. The molecule has 2 aliphatic rings. The van der Waals surface area contributed by atoms with Gasteiger partial charge in [0, 0.05) is 32.1 Å². The van der Waals surface area contributed by atoms with Gasteiger partial charge < -0.3 is 9.47 Å². The predicted octanol–water partition coefficient (Wildman–Crippen LogP) is 1.86. The van der Waals surface area contributed by atoms with Gasteiger partial charge in [-0.25, -0.2) is 4.68 Å². The van der Waals surface area contributed by atoms with Crippen molar-refractivity contribution in [2.45, 2.75) is 18.5 Å². The van der Waals surface area contributed by atoms with Gasteiger partial charge in [0.05, 0.1) is 31.0 Å². The first-order valence-corrected chi connectivity index (χ1v) is 7.85. The molecule has 0 unspecified atom stereocenters. The third-order valence-corrected chi connectivity index (χ3v) is 4.71. The van der Waals surface area contributed by atoms with Crippen molar-refractivity contribution in [1.29, 1.82) is 0 Å². The van der Waals surface area contributed by atoms with E-state index in [9.17, 15) is 0 Å². The summed E-state index contributed by atoms with van der Waals surface area (Å²) in [5, 5.41) is 4.26. The van der Waals surface area contributed by atoms with Crippen LogP contribution in [0, 0.1) is 0 Å². The molecule has 2 saturated heterocycles. The summed E-state index contributed by atoms with van der Waals surface area (Å²) in [4.78, 5) is 2.53. The van der Waals surface area contributed by atoms with E-state index in [0.29, 0.717) is 0 Å². The van der Waals surface area contributed by atoms with Crippen LogP contribution in [0.3, 0.4) is 0 Å². The highest BCUT2D eigenvalue weighted by Gasteiger charge is 2.42.